The third-order valence-electron chi connectivity index (χ3n) is 5.31. The Morgan fingerprint density at radius 1 is 1.14 bits per heavy atom. The van der Waals surface area contributed by atoms with E-state index in [1.54, 1.807) is 7.05 Å². The zero-order chi connectivity index (χ0) is 21.0. The van der Waals surface area contributed by atoms with E-state index >= 15 is 0 Å². The van der Waals surface area contributed by atoms with Gasteiger partial charge in [0.25, 0.3) is 0 Å². The molecule has 0 saturated carbocycles. The summed E-state index contributed by atoms with van der Waals surface area (Å²) in [7, 11) is 3.08. The smallest absolute Gasteiger partial charge is 0.352 e. The van der Waals surface area contributed by atoms with Crippen LogP contribution in [0.4, 0.5) is 13.2 Å². The number of guanidine groups is 1. The molecule has 0 bridgehead atoms. The number of piperazine rings is 1. The van der Waals surface area contributed by atoms with Crippen molar-refractivity contribution in [3.05, 3.63) is 17.5 Å². The largest absolute Gasteiger partial charge is 0.435 e. The van der Waals surface area contributed by atoms with Crippen molar-refractivity contribution in [2.24, 2.45) is 12.0 Å². The van der Waals surface area contributed by atoms with Crippen LogP contribution in [0.2, 0.25) is 0 Å². The van der Waals surface area contributed by atoms with Crippen molar-refractivity contribution in [3.63, 3.8) is 0 Å². The Labute approximate surface area is 168 Å². The summed E-state index contributed by atoms with van der Waals surface area (Å²) in [5.41, 5.74) is -0.802. The summed E-state index contributed by atoms with van der Waals surface area (Å²) in [6.45, 7) is 4.85. The molecule has 0 spiro atoms. The Hall–Kier alpha value is -2.30. The number of likely N-dealkylation sites (tertiary alicyclic amines) is 1. The van der Waals surface area contributed by atoms with Crippen LogP contribution in [0, 0.1) is 0 Å². The number of aromatic nitrogens is 2. The van der Waals surface area contributed by atoms with Gasteiger partial charge in [-0.2, -0.15) is 18.3 Å². The predicted molar refractivity (Wildman–Crippen MR) is 102 cm³/mol. The van der Waals surface area contributed by atoms with Crippen LogP contribution in [0.1, 0.15) is 24.1 Å². The maximum atomic E-state index is 13.1. The lowest BCUT2D eigenvalue weighted by atomic mass is 10.2. The van der Waals surface area contributed by atoms with Crippen molar-refractivity contribution in [2.75, 3.05) is 52.9 Å². The van der Waals surface area contributed by atoms with Gasteiger partial charge in [-0.25, -0.2) is 0 Å². The first-order valence-corrected chi connectivity index (χ1v) is 9.83. The minimum absolute atomic E-state index is 0.0109. The van der Waals surface area contributed by atoms with Crippen LogP contribution in [0.5, 0.6) is 0 Å². The number of nitrogens with zero attached hydrogens (tertiary/aromatic N) is 6. The third kappa shape index (κ3) is 5.40. The van der Waals surface area contributed by atoms with E-state index in [4.69, 9.17) is 0 Å². The minimum Gasteiger partial charge on any atom is -0.352 e. The van der Waals surface area contributed by atoms with E-state index in [1.807, 2.05) is 9.80 Å². The molecule has 1 amide bonds. The lowest BCUT2D eigenvalue weighted by Gasteiger charge is -2.36. The van der Waals surface area contributed by atoms with Crippen molar-refractivity contribution >= 4 is 11.9 Å². The average molecular weight is 415 g/mol. The Balaban J connectivity index is 1.50. The standard InChI is InChI=1S/C18H28F3N7O/c1-22-17(23-11-14-12-25(2)24-16(14)18(19,20)21)28-9-7-26(8-10-28)13-15(29)27-5-3-4-6-27/h12H,3-11,13H2,1-2H3,(H,22,23). The highest BCUT2D eigenvalue weighted by Crippen LogP contribution is 2.30. The molecule has 2 fully saturated rings. The fourth-order valence-electron chi connectivity index (χ4n) is 3.79. The van der Waals surface area contributed by atoms with Gasteiger partial charge in [0, 0.05) is 71.7 Å². The number of halogens is 3. The van der Waals surface area contributed by atoms with Gasteiger partial charge in [-0.15, -0.1) is 0 Å². The normalized spacial score (nSPS) is 19.1. The maximum absolute atomic E-state index is 13.1. The summed E-state index contributed by atoms with van der Waals surface area (Å²) >= 11 is 0. The number of hydrogen-bond acceptors (Lipinski definition) is 4. The number of aliphatic imine (C=N–C) groups is 1. The van der Waals surface area contributed by atoms with Gasteiger partial charge in [-0.05, 0) is 12.8 Å². The van der Waals surface area contributed by atoms with Crippen molar-refractivity contribution in [1.29, 1.82) is 0 Å². The highest BCUT2D eigenvalue weighted by atomic mass is 19.4. The molecular weight excluding hydrogens is 387 g/mol. The molecule has 8 nitrogen and oxygen atoms in total. The van der Waals surface area contributed by atoms with Crippen molar-refractivity contribution < 1.29 is 18.0 Å². The molecule has 2 aliphatic heterocycles. The van der Waals surface area contributed by atoms with Crippen LogP contribution in [0.15, 0.2) is 11.2 Å². The van der Waals surface area contributed by atoms with Gasteiger partial charge in [0.1, 0.15) is 0 Å². The minimum atomic E-state index is -4.49. The van der Waals surface area contributed by atoms with E-state index in [0.29, 0.717) is 38.7 Å². The first kappa shape index (κ1) is 21.4. The van der Waals surface area contributed by atoms with E-state index in [-0.39, 0.29) is 18.0 Å². The number of carbonyl (C=O) groups is 1. The predicted octanol–water partition coefficient (Wildman–Crippen LogP) is 0.754. The van der Waals surface area contributed by atoms with Gasteiger partial charge in [0.2, 0.25) is 5.91 Å². The van der Waals surface area contributed by atoms with Crippen LogP contribution in [0.25, 0.3) is 0 Å². The molecule has 1 aromatic rings. The first-order valence-electron chi connectivity index (χ1n) is 9.83. The number of rotatable bonds is 4. The fourth-order valence-corrected chi connectivity index (χ4v) is 3.79. The van der Waals surface area contributed by atoms with Crippen LogP contribution in [0.3, 0.4) is 0 Å². The quantitative estimate of drug-likeness (QED) is 0.581. The molecule has 3 rings (SSSR count). The second-order valence-electron chi connectivity index (χ2n) is 7.43. The first-order chi connectivity index (χ1) is 13.8. The van der Waals surface area contributed by atoms with Gasteiger partial charge in [0.05, 0.1) is 6.54 Å². The average Bonchev–Trinajstić information content (AvgIpc) is 3.33. The number of alkyl halides is 3. The second kappa shape index (κ2) is 9.02. The maximum Gasteiger partial charge on any atom is 0.435 e. The summed E-state index contributed by atoms with van der Waals surface area (Å²) < 4.78 is 40.5. The monoisotopic (exact) mass is 415 g/mol. The summed E-state index contributed by atoms with van der Waals surface area (Å²) in [5, 5.41) is 6.53. The molecule has 2 saturated heterocycles. The zero-order valence-electron chi connectivity index (χ0n) is 16.9. The Morgan fingerprint density at radius 3 is 2.38 bits per heavy atom. The van der Waals surface area contributed by atoms with E-state index < -0.39 is 11.9 Å². The van der Waals surface area contributed by atoms with Crippen LogP contribution in [-0.4, -0.2) is 89.2 Å². The molecular formula is C18H28F3N7O. The summed E-state index contributed by atoms with van der Waals surface area (Å²) in [6, 6.07) is 0. The zero-order valence-corrected chi connectivity index (χ0v) is 16.9. The van der Waals surface area contributed by atoms with Crippen molar-refractivity contribution in [3.8, 4) is 0 Å². The van der Waals surface area contributed by atoms with E-state index in [0.717, 1.165) is 25.9 Å². The Bertz CT molecular complexity index is 732. The van der Waals surface area contributed by atoms with Crippen LogP contribution >= 0.6 is 0 Å². The number of amides is 1. The molecule has 1 aromatic heterocycles. The molecule has 29 heavy (non-hydrogen) atoms. The molecule has 0 unspecified atom stereocenters. The van der Waals surface area contributed by atoms with Gasteiger partial charge in [-0.1, -0.05) is 0 Å². The van der Waals surface area contributed by atoms with Crippen molar-refractivity contribution in [2.45, 2.75) is 25.6 Å². The number of aryl methyl sites for hydroxylation is 1. The summed E-state index contributed by atoms with van der Waals surface area (Å²) in [5.74, 6) is 0.724. The van der Waals surface area contributed by atoms with E-state index in [1.165, 1.54) is 17.9 Å². The third-order valence-corrected chi connectivity index (χ3v) is 5.31. The fraction of sp³-hybridized carbons (Fsp3) is 0.722. The van der Waals surface area contributed by atoms with Crippen LogP contribution < -0.4 is 5.32 Å². The molecule has 0 aromatic carbocycles. The number of carbonyl (C=O) groups excluding carboxylic acids is 1. The van der Waals surface area contributed by atoms with Crippen molar-refractivity contribution in [1.82, 2.24) is 29.8 Å². The Morgan fingerprint density at radius 2 is 1.79 bits per heavy atom. The van der Waals surface area contributed by atoms with E-state index in [9.17, 15) is 18.0 Å². The van der Waals surface area contributed by atoms with E-state index in [2.05, 4.69) is 20.3 Å². The lowest BCUT2D eigenvalue weighted by Crippen LogP contribution is -2.54. The second-order valence-corrected chi connectivity index (χ2v) is 7.43. The highest BCUT2D eigenvalue weighted by molar-refractivity contribution is 5.80. The number of hydrogen-bond donors (Lipinski definition) is 1. The summed E-state index contributed by atoms with van der Waals surface area (Å²) in [6.07, 6.45) is -0.969. The Kier molecular flexibility index (Phi) is 6.66. The molecule has 0 radical (unpaired) electrons. The molecule has 0 aliphatic carbocycles. The molecule has 162 valence electrons. The topological polar surface area (TPSA) is 69.0 Å². The molecule has 3 heterocycles. The van der Waals surface area contributed by atoms with Crippen LogP contribution in [-0.2, 0) is 24.6 Å². The van der Waals surface area contributed by atoms with Gasteiger partial charge in [0.15, 0.2) is 11.7 Å². The molecule has 11 heteroatoms. The lowest BCUT2D eigenvalue weighted by molar-refractivity contribution is -0.142. The van der Waals surface area contributed by atoms with Gasteiger partial charge < -0.3 is 15.1 Å². The highest BCUT2D eigenvalue weighted by Gasteiger charge is 2.37. The van der Waals surface area contributed by atoms with Gasteiger partial charge in [-0.3, -0.25) is 19.4 Å². The molecule has 2 aliphatic rings. The molecule has 0 atom stereocenters. The molecule has 1 N–H and O–H groups in total. The SMILES string of the molecule is CN=C(NCc1cn(C)nc1C(F)(F)F)N1CCN(CC(=O)N2CCCC2)CC1. The summed E-state index contributed by atoms with van der Waals surface area (Å²) in [4.78, 5) is 22.5. The number of nitrogens with one attached hydrogen (secondary N) is 1. The van der Waals surface area contributed by atoms with Gasteiger partial charge >= 0.3 is 6.18 Å².